The summed E-state index contributed by atoms with van der Waals surface area (Å²) in [5, 5.41) is 5.81. The Hall–Kier alpha value is -0.690. The zero-order valence-electron chi connectivity index (χ0n) is 9.02. The largest absolute Gasteiger partial charge is 0.325 e. The van der Waals surface area contributed by atoms with Crippen LogP contribution in [0.25, 0.3) is 0 Å². The molecule has 0 fully saturated rings. The minimum atomic E-state index is -0.296. The summed E-state index contributed by atoms with van der Waals surface area (Å²) in [5.74, 6) is -0.361. The number of carbonyl (C=O) groups excluding carboxylic acids is 1. The van der Waals surface area contributed by atoms with E-state index in [9.17, 15) is 9.18 Å². The van der Waals surface area contributed by atoms with Gasteiger partial charge in [-0.2, -0.15) is 0 Å². The van der Waals surface area contributed by atoms with E-state index in [4.69, 9.17) is 0 Å². The quantitative estimate of drug-likeness (QED) is 0.640. The van der Waals surface area contributed by atoms with Crippen molar-refractivity contribution in [1.82, 2.24) is 5.32 Å². The van der Waals surface area contributed by atoms with Crippen LogP contribution in [0.5, 0.6) is 0 Å². The van der Waals surface area contributed by atoms with E-state index in [1.165, 1.54) is 12.1 Å². The number of nitrogens with one attached hydrogen (secondary N) is 2. The molecule has 1 amide bonds. The summed E-state index contributed by atoms with van der Waals surface area (Å²) in [4.78, 5) is 11.5. The van der Waals surface area contributed by atoms with Crippen molar-refractivity contribution < 1.29 is 9.18 Å². The number of benzene rings is 1. The molecule has 1 aromatic rings. The fraction of sp³-hybridized carbons (Fsp3) is 0.364. The first-order valence-corrected chi connectivity index (χ1v) is 6.17. The summed E-state index contributed by atoms with van der Waals surface area (Å²) in [5.41, 5.74) is 0.656. The van der Waals surface area contributed by atoms with Crippen molar-refractivity contribution in [3.05, 3.63) is 27.6 Å². The maximum atomic E-state index is 12.8. The van der Waals surface area contributed by atoms with Crippen LogP contribution < -0.4 is 10.6 Å². The molecule has 0 aliphatic carbocycles. The third-order valence-corrected chi connectivity index (χ3v) is 2.88. The molecule has 3 nitrogen and oxygen atoms in total. The lowest BCUT2D eigenvalue weighted by Crippen LogP contribution is -2.21. The summed E-state index contributed by atoms with van der Waals surface area (Å²) >= 11 is 1.99. The van der Waals surface area contributed by atoms with Crippen molar-refractivity contribution in [2.75, 3.05) is 18.4 Å². The molecule has 0 unspecified atom stereocenters. The summed E-state index contributed by atoms with van der Waals surface area (Å²) in [6.07, 6.45) is 0.418. The molecular weight excluding hydrogens is 322 g/mol. The number of carbonyl (C=O) groups is 1. The molecule has 0 bridgehead atoms. The van der Waals surface area contributed by atoms with Crippen molar-refractivity contribution in [2.45, 2.75) is 13.3 Å². The van der Waals surface area contributed by atoms with E-state index < -0.39 is 0 Å². The third-order valence-electron chi connectivity index (χ3n) is 1.98. The molecular formula is C11H14FIN2O. The third kappa shape index (κ3) is 4.44. The van der Waals surface area contributed by atoms with E-state index >= 15 is 0 Å². The van der Waals surface area contributed by atoms with Gasteiger partial charge in [-0.15, -0.1) is 0 Å². The first-order valence-electron chi connectivity index (χ1n) is 5.09. The fourth-order valence-electron chi connectivity index (χ4n) is 1.18. The molecule has 1 aromatic carbocycles. The van der Waals surface area contributed by atoms with E-state index in [0.717, 1.165) is 6.54 Å². The Labute approximate surface area is 108 Å². The van der Waals surface area contributed by atoms with Gasteiger partial charge in [-0.3, -0.25) is 4.79 Å². The predicted octanol–water partition coefficient (Wildman–Crippen LogP) is 2.37. The molecule has 88 valence electrons. The van der Waals surface area contributed by atoms with Crippen LogP contribution >= 0.6 is 22.6 Å². The molecule has 0 aromatic heterocycles. The van der Waals surface area contributed by atoms with Gasteiger partial charge in [0.25, 0.3) is 0 Å². The standard InChI is InChI=1S/C11H14FIN2O/c1-2-14-6-5-11(16)15-10-4-3-8(12)7-9(10)13/h3-4,7,14H,2,5-6H2,1H3,(H,15,16). The Morgan fingerprint density at radius 2 is 2.25 bits per heavy atom. The number of halogens is 2. The second-order valence-electron chi connectivity index (χ2n) is 3.28. The molecule has 0 radical (unpaired) electrons. The minimum absolute atomic E-state index is 0.0644. The normalized spacial score (nSPS) is 10.2. The lowest BCUT2D eigenvalue weighted by atomic mass is 10.3. The van der Waals surface area contributed by atoms with Crippen LogP contribution in [0.1, 0.15) is 13.3 Å². The molecule has 5 heteroatoms. The topological polar surface area (TPSA) is 41.1 Å². The van der Waals surface area contributed by atoms with Crippen molar-refractivity contribution in [3.63, 3.8) is 0 Å². The van der Waals surface area contributed by atoms with Gasteiger partial charge in [0.05, 0.1) is 5.69 Å². The molecule has 0 aliphatic heterocycles. The minimum Gasteiger partial charge on any atom is -0.325 e. The molecule has 1 rings (SSSR count). The van der Waals surface area contributed by atoms with Gasteiger partial charge in [0.1, 0.15) is 5.82 Å². The zero-order valence-corrected chi connectivity index (χ0v) is 11.2. The van der Waals surface area contributed by atoms with Gasteiger partial charge < -0.3 is 10.6 Å². The maximum absolute atomic E-state index is 12.8. The summed E-state index contributed by atoms with van der Waals surface area (Å²) in [6, 6.07) is 4.30. The van der Waals surface area contributed by atoms with Gasteiger partial charge in [0.2, 0.25) is 5.91 Å². The Kier molecular flexibility index (Phi) is 5.68. The van der Waals surface area contributed by atoms with Crippen LogP contribution in [-0.4, -0.2) is 19.0 Å². The fourth-order valence-corrected chi connectivity index (χ4v) is 1.79. The van der Waals surface area contributed by atoms with Crippen molar-refractivity contribution >= 4 is 34.2 Å². The van der Waals surface area contributed by atoms with Crippen LogP contribution in [0.2, 0.25) is 0 Å². The van der Waals surface area contributed by atoms with E-state index in [1.807, 2.05) is 29.5 Å². The summed E-state index contributed by atoms with van der Waals surface area (Å²) in [7, 11) is 0. The molecule has 16 heavy (non-hydrogen) atoms. The van der Waals surface area contributed by atoms with E-state index in [2.05, 4.69) is 10.6 Å². The average Bonchev–Trinajstić information content (AvgIpc) is 2.23. The monoisotopic (exact) mass is 336 g/mol. The van der Waals surface area contributed by atoms with Crippen molar-refractivity contribution in [3.8, 4) is 0 Å². The van der Waals surface area contributed by atoms with Crippen LogP contribution in [0, 0.1) is 9.39 Å². The predicted molar refractivity (Wildman–Crippen MR) is 70.9 cm³/mol. The molecule has 0 aliphatic rings. The van der Waals surface area contributed by atoms with E-state index in [0.29, 0.717) is 22.2 Å². The van der Waals surface area contributed by atoms with Crippen LogP contribution in [0.4, 0.5) is 10.1 Å². The zero-order chi connectivity index (χ0) is 12.0. The second-order valence-corrected chi connectivity index (χ2v) is 4.44. The first kappa shape index (κ1) is 13.4. The summed E-state index contributed by atoms with van der Waals surface area (Å²) in [6.45, 7) is 3.49. The molecule has 0 saturated carbocycles. The van der Waals surface area contributed by atoms with Gasteiger partial charge in [-0.25, -0.2) is 4.39 Å². The van der Waals surface area contributed by atoms with E-state index in [-0.39, 0.29) is 11.7 Å². The highest BCUT2D eigenvalue weighted by Crippen LogP contribution is 2.18. The van der Waals surface area contributed by atoms with Gasteiger partial charge in [-0.1, -0.05) is 6.92 Å². The maximum Gasteiger partial charge on any atom is 0.225 e. The molecule has 0 saturated heterocycles. The van der Waals surface area contributed by atoms with Crippen molar-refractivity contribution in [2.24, 2.45) is 0 Å². The highest BCUT2D eigenvalue weighted by Gasteiger charge is 2.05. The number of hydrogen-bond acceptors (Lipinski definition) is 2. The smallest absolute Gasteiger partial charge is 0.225 e. The molecule has 0 spiro atoms. The lowest BCUT2D eigenvalue weighted by molar-refractivity contribution is -0.116. The number of hydrogen-bond donors (Lipinski definition) is 2. The average molecular weight is 336 g/mol. The number of amides is 1. The number of rotatable bonds is 5. The lowest BCUT2D eigenvalue weighted by Gasteiger charge is -2.07. The Morgan fingerprint density at radius 3 is 2.88 bits per heavy atom. The number of anilines is 1. The van der Waals surface area contributed by atoms with Crippen LogP contribution in [0.3, 0.4) is 0 Å². The van der Waals surface area contributed by atoms with Gasteiger partial charge in [0, 0.05) is 16.5 Å². The highest BCUT2D eigenvalue weighted by atomic mass is 127. The van der Waals surface area contributed by atoms with Crippen molar-refractivity contribution in [1.29, 1.82) is 0 Å². The first-order chi connectivity index (χ1) is 7.63. The van der Waals surface area contributed by atoms with Crippen LogP contribution in [0.15, 0.2) is 18.2 Å². The Balaban J connectivity index is 2.49. The molecule has 0 heterocycles. The van der Waals surface area contributed by atoms with Crippen LogP contribution in [-0.2, 0) is 4.79 Å². The Bertz CT molecular complexity index is 371. The SMILES string of the molecule is CCNCCC(=O)Nc1ccc(F)cc1I. The second kappa shape index (κ2) is 6.80. The molecule has 2 N–H and O–H groups in total. The Morgan fingerprint density at radius 1 is 1.50 bits per heavy atom. The molecule has 0 atom stereocenters. The van der Waals surface area contributed by atoms with Gasteiger partial charge >= 0.3 is 0 Å². The van der Waals surface area contributed by atoms with Gasteiger partial charge in [-0.05, 0) is 47.3 Å². The highest BCUT2D eigenvalue weighted by molar-refractivity contribution is 14.1. The van der Waals surface area contributed by atoms with E-state index in [1.54, 1.807) is 6.07 Å². The van der Waals surface area contributed by atoms with Gasteiger partial charge in [0.15, 0.2) is 0 Å². The summed E-state index contributed by atoms with van der Waals surface area (Å²) < 4.78 is 13.5.